The van der Waals surface area contributed by atoms with Crippen molar-refractivity contribution >= 4 is 22.4 Å². The van der Waals surface area contributed by atoms with Gasteiger partial charge in [-0.1, -0.05) is 17.7 Å². The van der Waals surface area contributed by atoms with Crippen LogP contribution in [0.4, 0.5) is 5.13 Å². The van der Waals surface area contributed by atoms with Crippen LogP contribution in [-0.4, -0.2) is 23.6 Å². The second-order valence-corrected chi connectivity index (χ2v) is 7.90. The van der Waals surface area contributed by atoms with Crippen LogP contribution in [-0.2, 0) is 4.79 Å². The van der Waals surface area contributed by atoms with Gasteiger partial charge in [-0.25, -0.2) is 4.98 Å². The van der Waals surface area contributed by atoms with Crippen molar-refractivity contribution in [2.24, 2.45) is 0 Å². The number of carbonyl (C=O) groups excluding carboxylic acids is 1. The number of aryl methyl sites for hydroxylation is 1. The van der Waals surface area contributed by atoms with E-state index in [0.29, 0.717) is 24.6 Å². The summed E-state index contributed by atoms with van der Waals surface area (Å²) >= 11 is 1.42. The number of anilines is 1. The summed E-state index contributed by atoms with van der Waals surface area (Å²) in [6.45, 7) is 6.54. The van der Waals surface area contributed by atoms with E-state index in [1.807, 2.05) is 74.7 Å². The van der Waals surface area contributed by atoms with Gasteiger partial charge in [0.25, 0.3) is 0 Å². The Kier molecular flexibility index (Phi) is 7.25. The summed E-state index contributed by atoms with van der Waals surface area (Å²) in [5.74, 6) is 1.60. The van der Waals surface area contributed by atoms with Crippen molar-refractivity contribution in [3.05, 3.63) is 59.5 Å². The minimum Gasteiger partial charge on any atom is -0.494 e. The predicted octanol–water partition coefficient (Wildman–Crippen LogP) is 5.70. The molecular formula is C23H26N2O3S. The minimum absolute atomic E-state index is 0.0564. The Hall–Kier alpha value is -2.86. The Morgan fingerprint density at radius 1 is 1.07 bits per heavy atom. The third-order valence-corrected chi connectivity index (χ3v) is 4.87. The van der Waals surface area contributed by atoms with Crippen LogP contribution in [0.2, 0.25) is 0 Å². The highest BCUT2D eigenvalue weighted by atomic mass is 32.1. The summed E-state index contributed by atoms with van der Waals surface area (Å²) in [5, 5.41) is 5.41. The van der Waals surface area contributed by atoms with Gasteiger partial charge in [0.1, 0.15) is 11.5 Å². The molecule has 0 saturated carbocycles. The largest absolute Gasteiger partial charge is 0.494 e. The molecule has 0 aliphatic rings. The van der Waals surface area contributed by atoms with Crippen molar-refractivity contribution in [2.45, 2.75) is 39.7 Å². The molecule has 3 rings (SSSR count). The van der Waals surface area contributed by atoms with Crippen molar-refractivity contribution < 1.29 is 14.3 Å². The molecule has 0 fully saturated rings. The number of benzene rings is 2. The first kappa shape index (κ1) is 20.9. The monoisotopic (exact) mass is 410 g/mol. The number of hydrogen-bond donors (Lipinski definition) is 1. The minimum atomic E-state index is -0.0564. The van der Waals surface area contributed by atoms with Crippen molar-refractivity contribution in [3.63, 3.8) is 0 Å². The van der Waals surface area contributed by atoms with Crippen LogP contribution in [0.15, 0.2) is 53.9 Å². The quantitative estimate of drug-likeness (QED) is 0.460. The van der Waals surface area contributed by atoms with E-state index < -0.39 is 0 Å². The summed E-state index contributed by atoms with van der Waals surface area (Å²) in [5.41, 5.74) is 3.02. The second-order valence-electron chi connectivity index (χ2n) is 7.04. The van der Waals surface area contributed by atoms with Crippen molar-refractivity contribution in [3.8, 4) is 22.8 Å². The number of thiazole rings is 1. The summed E-state index contributed by atoms with van der Waals surface area (Å²) in [6, 6.07) is 15.7. The van der Waals surface area contributed by atoms with Gasteiger partial charge in [-0.2, -0.15) is 0 Å². The van der Waals surface area contributed by atoms with E-state index in [2.05, 4.69) is 10.3 Å². The molecule has 152 valence electrons. The number of amides is 1. The molecule has 1 amide bonds. The van der Waals surface area contributed by atoms with Crippen LogP contribution in [0.25, 0.3) is 11.3 Å². The maximum atomic E-state index is 12.1. The fourth-order valence-electron chi connectivity index (χ4n) is 2.68. The normalized spacial score (nSPS) is 10.8. The van der Waals surface area contributed by atoms with Crippen LogP contribution in [0.3, 0.4) is 0 Å². The van der Waals surface area contributed by atoms with Gasteiger partial charge in [-0.3, -0.25) is 4.79 Å². The van der Waals surface area contributed by atoms with Gasteiger partial charge in [0.2, 0.25) is 5.91 Å². The van der Waals surface area contributed by atoms with Crippen molar-refractivity contribution in [2.75, 3.05) is 11.9 Å². The number of ether oxygens (including phenoxy) is 2. The molecule has 29 heavy (non-hydrogen) atoms. The molecule has 0 atom stereocenters. The Morgan fingerprint density at radius 3 is 2.45 bits per heavy atom. The number of nitrogens with zero attached hydrogens (tertiary/aromatic N) is 1. The van der Waals surface area contributed by atoms with Gasteiger partial charge in [0, 0.05) is 17.4 Å². The average molecular weight is 411 g/mol. The summed E-state index contributed by atoms with van der Waals surface area (Å²) in [6.07, 6.45) is 1.18. The number of rotatable bonds is 9. The fraction of sp³-hybridized carbons (Fsp3) is 0.304. The molecule has 0 radical (unpaired) electrons. The van der Waals surface area contributed by atoms with E-state index >= 15 is 0 Å². The van der Waals surface area contributed by atoms with Gasteiger partial charge < -0.3 is 14.8 Å². The third kappa shape index (κ3) is 6.61. The third-order valence-electron chi connectivity index (χ3n) is 4.11. The maximum Gasteiger partial charge on any atom is 0.226 e. The Labute approximate surface area is 175 Å². The van der Waals surface area contributed by atoms with Gasteiger partial charge in [0.15, 0.2) is 5.13 Å². The van der Waals surface area contributed by atoms with E-state index in [4.69, 9.17) is 9.47 Å². The molecular weight excluding hydrogens is 384 g/mol. The SMILES string of the molecule is Cc1ccc(OCCCC(=O)Nc2nc(-c3ccc(OC(C)C)cc3)cs2)cc1. The molecule has 0 unspecified atom stereocenters. The number of nitrogens with one attached hydrogen (secondary N) is 1. The molecule has 0 aliphatic carbocycles. The van der Waals surface area contributed by atoms with Crippen LogP contribution < -0.4 is 14.8 Å². The van der Waals surface area contributed by atoms with Gasteiger partial charge >= 0.3 is 0 Å². The van der Waals surface area contributed by atoms with Crippen molar-refractivity contribution in [1.82, 2.24) is 4.98 Å². The van der Waals surface area contributed by atoms with E-state index in [1.165, 1.54) is 16.9 Å². The molecule has 1 heterocycles. The highest BCUT2D eigenvalue weighted by Gasteiger charge is 2.09. The first-order chi connectivity index (χ1) is 14.0. The molecule has 0 spiro atoms. The Morgan fingerprint density at radius 2 is 1.76 bits per heavy atom. The Bertz CT molecular complexity index is 918. The number of carbonyl (C=O) groups is 1. The van der Waals surface area contributed by atoms with Gasteiger partial charge in [-0.05, 0) is 63.6 Å². The second kappa shape index (κ2) is 10.1. The van der Waals surface area contributed by atoms with Crippen LogP contribution in [0, 0.1) is 6.92 Å². The summed E-state index contributed by atoms with van der Waals surface area (Å²) in [7, 11) is 0. The average Bonchev–Trinajstić information content (AvgIpc) is 3.15. The molecule has 3 aromatic rings. The zero-order valence-corrected chi connectivity index (χ0v) is 17.8. The molecule has 0 bridgehead atoms. The molecule has 1 N–H and O–H groups in total. The molecule has 1 aromatic heterocycles. The molecule has 0 aliphatic heterocycles. The van der Waals surface area contributed by atoms with Gasteiger partial charge in [-0.15, -0.1) is 11.3 Å². The van der Waals surface area contributed by atoms with E-state index in [-0.39, 0.29) is 12.0 Å². The first-order valence-corrected chi connectivity index (χ1v) is 10.6. The molecule has 6 heteroatoms. The highest BCUT2D eigenvalue weighted by Crippen LogP contribution is 2.27. The van der Waals surface area contributed by atoms with Crippen LogP contribution in [0.1, 0.15) is 32.3 Å². The lowest BCUT2D eigenvalue weighted by atomic mass is 10.2. The summed E-state index contributed by atoms with van der Waals surface area (Å²) in [4.78, 5) is 16.7. The van der Waals surface area contributed by atoms with Crippen LogP contribution >= 0.6 is 11.3 Å². The van der Waals surface area contributed by atoms with E-state index in [0.717, 1.165) is 22.8 Å². The smallest absolute Gasteiger partial charge is 0.226 e. The van der Waals surface area contributed by atoms with Crippen molar-refractivity contribution in [1.29, 1.82) is 0 Å². The molecule has 2 aromatic carbocycles. The lowest BCUT2D eigenvalue weighted by molar-refractivity contribution is -0.116. The predicted molar refractivity (Wildman–Crippen MR) is 118 cm³/mol. The number of aromatic nitrogens is 1. The maximum absolute atomic E-state index is 12.1. The van der Waals surface area contributed by atoms with Crippen LogP contribution in [0.5, 0.6) is 11.5 Å². The first-order valence-electron chi connectivity index (χ1n) is 9.71. The molecule has 0 saturated heterocycles. The molecule has 5 nitrogen and oxygen atoms in total. The van der Waals surface area contributed by atoms with E-state index in [9.17, 15) is 4.79 Å². The lowest BCUT2D eigenvalue weighted by Gasteiger charge is -2.09. The fourth-order valence-corrected chi connectivity index (χ4v) is 3.42. The van der Waals surface area contributed by atoms with E-state index in [1.54, 1.807) is 0 Å². The standard InChI is InChI=1S/C23H26N2O3S/c1-16(2)28-20-12-8-18(9-13-20)21-15-29-23(24-21)25-22(26)5-4-14-27-19-10-6-17(3)7-11-19/h6-13,15-16H,4-5,14H2,1-3H3,(H,24,25,26). The highest BCUT2D eigenvalue weighted by molar-refractivity contribution is 7.14. The van der Waals surface area contributed by atoms with Gasteiger partial charge in [0.05, 0.1) is 18.4 Å². The zero-order valence-electron chi connectivity index (χ0n) is 17.0. The zero-order chi connectivity index (χ0) is 20.6. The summed E-state index contributed by atoms with van der Waals surface area (Å²) < 4.78 is 11.3. The number of hydrogen-bond acceptors (Lipinski definition) is 5. The topological polar surface area (TPSA) is 60.5 Å². The lowest BCUT2D eigenvalue weighted by Crippen LogP contribution is -2.12. The Balaban J connectivity index is 1.44.